The van der Waals surface area contributed by atoms with Gasteiger partial charge in [-0.3, -0.25) is 9.59 Å². The van der Waals surface area contributed by atoms with Crippen molar-refractivity contribution >= 4 is 23.2 Å². The van der Waals surface area contributed by atoms with Crippen molar-refractivity contribution in [2.75, 3.05) is 17.7 Å². The number of imide groups is 1. The van der Waals surface area contributed by atoms with E-state index in [1.165, 1.54) is 11.0 Å². The Hall–Kier alpha value is -2.66. The Morgan fingerprint density at radius 1 is 1.05 bits per heavy atom. The number of anilines is 2. The minimum Gasteiger partial charge on any atom is -0.399 e. The molecular weight excluding hydrogens is 268 g/mol. The predicted molar refractivity (Wildman–Crippen MR) is 79.1 cm³/mol. The van der Waals surface area contributed by atoms with E-state index in [1.54, 1.807) is 37.4 Å². The van der Waals surface area contributed by atoms with Crippen molar-refractivity contribution in [2.24, 2.45) is 0 Å². The highest BCUT2D eigenvalue weighted by atomic mass is 16.5. The van der Waals surface area contributed by atoms with E-state index in [0.29, 0.717) is 29.1 Å². The Morgan fingerprint density at radius 2 is 1.81 bits per heavy atom. The van der Waals surface area contributed by atoms with Crippen LogP contribution in [0.15, 0.2) is 42.5 Å². The van der Waals surface area contributed by atoms with Crippen molar-refractivity contribution in [2.45, 2.75) is 6.61 Å². The van der Waals surface area contributed by atoms with E-state index in [9.17, 15) is 9.59 Å². The van der Waals surface area contributed by atoms with Gasteiger partial charge >= 0.3 is 0 Å². The summed E-state index contributed by atoms with van der Waals surface area (Å²) in [7, 11) is 1.59. The van der Waals surface area contributed by atoms with Crippen molar-refractivity contribution in [1.82, 2.24) is 0 Å². The second-order valence-corrected chi connectivity index (χ2v) is 4.85. The Kier molecular flexibility index (Phi) is 3.19. The maximum atomic E-state index is 12.4. The van der Waals surface area contributed by atoms with Gasteiger partial charge in [-0.2, -0.15) is 0 Å². The monoisotopic (exact) mass is 282 g/mol. The molecule has 2 aromatic carbocycles. The average molecular weight is 282 g/mol. The molecule has 0 unspecified atom stereocenters. The van der Waals surface area contributed by atoms with Crippen molar-refractivity contribution in [3.63, 3.8) is 0 Å². The first-order valence-corrected chi connectivity index (χ1v) is 6.48. The number of carbonyl (C=O) groups excluding carboxylic acids is 2. The van der Waals surface area contributed by atoms with E-state index in [4.69, 9.17) is 10.5 Å². The number of nitrogens with two attached hydrogens (primary N) is 1. The van der Waals surface area contributed by atoms with Crippen molar-refractivity contribution < 1.29 is 14.3 Å². The lowest BCUT2D eigenvalue weighted by Gasteiger charge is -2.14. The second-order valence-electron chi connectivity index (χ2n) is 4.85. The van der Waals surface area contributed by atoms with Gasteiger partial charge in [-0.1, -0.05) is 12.1 Å². The Morgan fingerprint density at radius 3 is 2.57 bits per heavy atom. The summed E-state index contributed by atoms with van der Waals surface area (Å²) in [5.74, 6) is -0.679. The number of fused-ring (bicyclic) bond motifs is 1. The molecule has 0 spiro atoms. The predicted octanol–water partition coefficient (Wildman–Crippen LogP) is 2.22. The first kappa shape index (κ1) is 13.3. The Bertz CT molecular complexity index is 740. The highest BCUT2D eigenvalue weighted by Gasteiger charge is 2.36. The van der Waals surface area contributed by atoms with E-state index in [-0.39, 0.29) is 11.8 Å². The Balaban J connectivity index is 2.03. The fourth-order valence-corrected chi connectivity index (χ4v) is 2.44. The lowest BCUT2D eigenvalue weighted by atomic mass is 10.1. The minimum atomic E-state index is -0.350. The van der Waals surface area contributed by atoms with Gasteiger partial charge in [-0.05, 0) is 35.9 Å². The van der Waals surface area contributed by atoms with Crippen LogP contribution in [0.3, 0.4) is 0 Å². The number of nitrogens with zero attached hydrogens (tertiary/aromatic N) is 1. The summed E-state index contributed by atoms with van der Waals surface area (Å²) in [4.78, 5) is 26.0. The smallest absolute Gasteiger partial charge is 0.266 e. The molecule has 1 aliphatic heterocycles. The van der Waals surface area contributed by atoms with Crippen LogP contribution in [0.25, 0.3) is 0 Å². The lowest BCUT2D eigenvalue weighted by Crippen LogP contribution is -2.29. The molecule has 2 amide bonds. The molecule has 0 atom stereocenters. The summed E-state index contributed by atoms with van der Waals surface area (Å²) in [6.07, 6.45) is 0. The standard InChI is InChI=1S/C16H14N2O3/c1-21-9-10-3-2-4-12(7-10)18-15(19)13-6-5-11(17)8-14(13)16(18)20/h2-8H,9,17H2,1H3. The zero-order valence-electron chi connectivity index (χ0n) is 11.5. The molecule has 0 saturated carbocycles. The van der Waals surface area contributed by atoms with E-state index < -0.39 is 0 Å². The van der Waals surface area contributed by atoms with Gasteiger partial charge in [-0.15, -0.1) is 0 Å². The summed E-state index contributed by atoms with van der Waals surface area (Å²) >= 11 is 0. The largest absolute Gasteiger partial charge is 0.399 e. The molecule has 2 N–H and O–H groups in total. The SMILES string of the molecule is COCc1cccc(N2C(=O)c3ccc(N)cc3C2=O)c1. The zero-order valence-corrected chi connectivity index (χ0v) is 11.5. The molecule has 1 heterocycles. The second kappa shape index (κ2) is 5.03. The molecule has 5 nitrogen and oxygen atoms in total. The number of hydrogen-bond donors (Lipinski definition) is 1. The molecule has 106 valence electrons. The van der Waals surface area contributed by atoms with Crippen LogP contribution in [0, 0.1) is 0 Å². The number of rotatable bonds is 3. The van der Waals surface area contributed by atoms with Gasteiger partial charge in [0, 0.05) is 12.8 Å². The topological polar surface area (TPSA) is 72.6 Å². The molecule has 0 saturated heterocycles. The van der Waals surface area contributed by atoms with E-state index >= 15 is 0 Å². The number of benzene rings is 2. The summed E-state index contributed by atoms with van der Waals surface area (Å²) in [6.45, 7) is 0.421. The highest BCUT2D eigenvalue weighted by Crippen LogP contribution is 2.30. The van der Waals surface area contributed by atoms with Crippen LogP contribution in [-0.4, -0.2) is 18.9 Å². The minimum absolute atomic E-state index is 0.329. The van der Waals surface area contributed by atoms with E-state index in [1.807, 2.05) is 6.07 Å². The van der Waals surface area contributed by atoms with Gasteiger partial charge in [0.1, 0.15) is 0 Å². The molecule has 1 aliphatic rings. The molecule has 21 heavy (non-hydrogen) atoms. The fourth-order valence-electron chi connectivity index (χ4n) is 2.44. The average Bonchev–Trinajstić information content (AvgIpc) is 2.71. The fraction of sp³-hybridized carbons (Fsp3) is 0.125. The third-order valence-corrected chi connectivity index (χ3v) is 3.39. The Labute approximate surface area is 121 Å². The van der Waals surface area contributed by atoms with Crippen LogP contribution >= 0.6 is 0 Å². The van der Waals surface area contributed by atoms with Gasteiger partial charge in [-0.25, -0.2) is 4.90 Å². The number of nitrogen functional groups attached to an aromatic ring is 1. The van der Waals surface area contributed by atoms with E-state index in [2.05, 4.69) is 0 Å². The lowest BCUT2D eigenvalue weighted by molar-refractivity contribution is 0.0926. The third kappa shape index (κ3) is 2.17. The number of hydrogen-bond acceptors (Lipinski definition) is 4. The number of methoxy groups -OCH3 is 1. The zero-order chi connectivity index (χ0) is 15.0. The summed E-state index contributed by atoms with van der Waals surface area (Å²) in [5.41, 5.74) is 8.31. The van der Waals surface area contributed by atoms with Crippen LogP contribution in [0.2, 0.25) is 0 Å². The van der Waals surface area contributed by atoms with Crippen LogP contribution < -0.4 is 10.6 Å². The van der Waals surface area contributed by atoms with Gasteiger partial charge in [0.25, 0.3) is 11.8 Å². The number of ether oxygens (including phenoxy) is 1. The van der Waals surface area contributed by atoms with Crippen LogP contribution in [-0.2, 0) is 11.3 Å². The first-order chi connectivity index (χ1) is 10.1. The maximum Gasteiger partial charge on any atom is 0.266 e. The highest BCUT2D eigenvalue weighted by molar-refractivity contribution is 6.34. The molecule has 0 fully saturated rings. The number of carbonyl (C=O) groups is 2. The summed E-state index contributed by atoms with van der Waals surface area (Å²) in [5, 5.41) is 0. The normalized spacial score (nSPS) is 13.7. The van der Waals surface area contributed by atoms with Gasteiger partial charge < -0.3 is 10.5 Å². The summed E-state index contributed by atoms with van der Waals surface area (Å²) in [6, 6.07) is 11.9. The first-order valence-electron chi connectivity index (χ1n) is 6.48. The van der Waals surface area contributed by atoms with E-state index in [0.717, 1.165) is 5.56 Å². The van der Waals surface area contributed by atoms with Crippen molar-refractivity contribution in [1.29, 1.82) is 0 Å². The molecule has 3 rings (SSSR count). The van der Waals surface area contributed by atoms with Gasteiger partial charge in [0.15, 0.2) is 0 Å². The number of amides is 2. The van der Waals surface area contributed by atoms with Crippen molar-refractivity contribution in [3.05, 3.63) is 59.2 Å². The molecule has 2 aromatic rings. The van der Waals surface area contributed by atoms with Crippen LogP contribution in [0.4, 0.5) is 11.4 Å². The van der Waals surface area contributed by atoms with Crippen LogP contribution in [0.1, 0.15) is 26.3 Å². The molecule has 0 bridgehead atoms. The molecule has 0 aliphatic carbocycles. The maximum absolute atomic E-state index is 12.4. The molecular formula is C16H14N2O3. The van der Waals surface area contributed by atoms with Crippen molar-refractivity contribution in [3.8, 4) is 0 Å². The van der Waals surface area contributed by atoms with Gasteiger partial charge in [0.05, 0.1) is 23.4 Å². The molecule has 5 heteroatoms. The molecule has 0 radical (unpaired) electrons. The quantitative estimate of drug-likeness (QED) is 0.692. The van der Waals surface area contributed by atoms with Crippen LogP contribution in [0.5, 0.6) is 0 Å². The summed E-state index contributed by atoms with van der Waals surface area (Å²) < 4.78 is 5.07. The molecule has 0 aromatic heterocycles. The van der Waals surface area contributed by atoms with Gasteiger partial charge in [0.2, 0.25) is 0 Å². The third-order valence-electron chi connectivity index (χ3n) is 3.39.